The van der Waals surface area contributed by atoms with Crippen molar-refractivity contribution in [2.24, 2.45) is 20.0 Å². The van der Waals surface area contributed by atoms with Crippen LogP contribution in [-0.2, 0) is 0 Å². The minimum Gasteiger partial charge on any atom is -0.258 e. The molecule has 0 fully saturated rings. The van der Waals surface area contributed by atoms with Gasteiger partial charge in [0.15, 0.2) is 11.7 Å². The Balaban J connectivity index is 1.89. The molecule has 0 aliphatic carbocycles. The zero-order valence-corrected chi connectivity index (χ0v) is 19.0. The van der Waals surface area contributed by atoms with Gasteiger partial charge in [0.1, 0.15) is 0 Å². The number of nitro groups is 1. The van der Waals surface area contributed by atoms with Gasteiger partial charge in [0.25, 0.3) is 5.69 Å². The third-order valence-corrected chi connectivity index (χ3v) is 5.38. The Morgan fingerprint density at radius 3 is 1.69 bits per heavy atom. The number of nitro benzene ring substituents is 1. The van der Waals surface area contributed by atoms with Crippen LogP contribution >= 0.6 is 45.2 Å². The van der Waals surface area contributed by atoms with Gasteiger partial charge >= 0.3 is 0 Å². The molecule has 3 aromatic carbocycles. The van der Waals surface area contributed by atoms with E-state index in [9.17, 15) is 10.1 Å². The lowest BCUT2D eigenvalue weighted by Gasteiger charge is -2.07. The predicted octanol–water partition coefficient (Wildman–Crippen LogP) is 4.52. The minimum absolute atomic E-state index is 0.0469. The highest BCUT2D eigenvalue weighted by Crippen LogP contribution is 2.18. The number of hydrogen-bond donors (Lipinski definition) is 0. The van der Waals surface area contributed by atoms with Gasteiger partial charge < -0.3 is 0 Å². The summed E-state index contributed by atoms with van der Waals surface area (Å²) in [6, 6.07) is 19.7. The summed E-state index contributed by atoms with van der Waals surface area (Å²) in [4.78, 5) is 28.9. The number of hydrogen-bond acceptors (Lipinski definition) is 4. The molecule has 7 nitrogen and oxygen atoms in total. The minimum atomic E-state index is -0.457. The van der Waals surface area contributed by atoms with E-state index in [-0.39, 0.29) is 5.69 Å². The quantitative estimate of drug-likeness (QED) is 0.249. The van der Waals surface area contributed by atoms with Crippen molar-refractivity contribution in [2.45, 2.75) is 0 Å². The molecule has 142 valence electrons. The Labute approximate surface area is 192 Å². The smallest absolute Gasteiger partial charge is 0.258 e. The van der Waals surface area contributed by atoms with Gasteiger partial charge in [0.05, 0.1) is 27.0 Å². The standard InChI is InChI=1S/C20H11I2N5O2/c21-12-1-5-14(6-2-12)23-19-20(24-15-7-3-13(22)4-8-15)26-18-11-16(27(28)29)9-10-17(18)25-19/h1-11H. The molecule has 1 heterocycles. The van der Waals surface area contributed by atoms with Crippen LogP contribution in [0.4, 0.5) is 17.1 Å². The summed E-state index contributed by atoms with van der Waals surface area (Å²) in [5, 5.41) is 12.0. The van der Waals surface area contributed by atoms with Crippen molar-refractivity contribution in [3.05, 3.63) is 94.7 Å². The van der Waals surface area contributed by atoms with Gasteiger partial charge in [-0.05, 0) is 99.8 Å². The van der Waals surface area contributed by atoms with Gasteiger partial charge in [-0.15, -0.1) is 0 Å². The van der Waals surface area contributed by atoms with Crippen LogP contribution in [-0.4, -0.2) is 16.6 Å². The Kier molecular flexibility index (Phi) is 5.76. The maximum atomic E-state index is 11.1. The van der Waals surface area contributed by atoms with E-state index in [2.05, 4.69) is 65.2 Å². The van der Waals surface area contributed by atoms with Crippen LogP contribution in [0.5, 0.6) is 0 Å². The summed E-state index contributed by atoms with van der Waals surface area (Å²) in [5.74, 6) is 0.656. The number of benzene rings is 3. The molecule has 0 aromatic heterocycles. The lowest BCUT2D eigenvalue weighted by Crippen LogP contribution is -2.34. The summed E-state index contributed by atoms with van der Waals surface area (Å²) in [7, 11) is 0. The van der Waals surface area contributed by atoms with Crippen molar-refractivity contribution in [2.75, 3.05) is 0 Å². The fourth-order valence-electron chi connectivity index (χ4n) is 2.56. The number of non-ortho nitro benzene ring substituents is 1. The molecule has 0 N–H and O–H groups in total. The van der Waals surface area contributed by atoms with Crippen LogP contribution in [0.15, 0.2) is 86.7 Å². The molecular weight excluding hydrogens is 596 g/mol. The van der Waals surface area contributed by atoms with E-state index < -0.39 is 4.92 Å². The highest BCUT2D eigenvalue weighted by atomic mass is 127. The lowest BCUT2D eigenvalue weighted by molar-refractivity contribution is -0.385. The van der Waals surface area contributed by atoms with Crippen molar-refractivity contribution in [3.8, 4) is 0 Å². The van der Waals surface area contributed by atoms with Crippen LogP contribution in [0.25, 0.3) is 0 Å². The molecule has 0 radical (unpaired) electrons. The molecule has 0 atom stereocenters. The van der Waals surface area contributed by atoms with Crippen molar-refractivity contribution in [1.29, 1.82) is 0 Å². The van der Waals surface area contributed by atoms with Gasteiger partial charge in [0.2, 0.25) is 0 Å². The number of fused-ring (bicyclic) bond motifs is 1. The molecule has 0 unspecified atom stereocenters. The zero-order chi connectivity index (χ0) is 20.4. The summed E-state index contributed by atoms with van der Waals surface area (Å²) >= 11 is 4.45. The zero-order valence-electron chi connectivity index (χ0n) is 14.7. The number of nitrogens with zero attached hydrogens (tertiary/aromatic N) is 5. The van der Waals surface area contributed by atoms with Gasteiger partial charge in [-0.25, -0.2) is 20.0 Å². The third-order valence-electron chi connectivity index (χ3n) is 3.95. The Morgan fingerprint density at radius 1 is 0.724 bits per heavy atom. The molecule has 29 heavy (non-hydrogen) atoms. The average molecular weight is 607 g/mol. The normalized spacial score (nSPS) is 15.5. The van der Waals surface area contributed by atoms with Crippen LogP contribution < -0.4 is 10.7 Å². The highest BCUT2D eigenvalue weighted by Gasteiger charge is 2.15. The van der Waals surface area contributed by atoms with E-state index in [0.29, 0.717) is 28.1 Å². The summed E-state index contributed by atoms with van der Waals surface area (Å²) < 4.78 is 2.19. The van der Waals surface area contributed by atoms with Crippen LogP contribution in [0.3, 0.4) is 0 Å². The Bertz CT molecular complexity index is 1280. The second-order valence-corrected chi connectivity index (χ2v) is 8.47. The Hall–Kier alpha value is -2.54. The molecule has 0 amide bonds. The van der Waals surface area contributed by atoms with E-state index >= 15 is 0 Å². The second kappa shape index (κ2) is 8.45. The summed E-state index contributed by atoms with van der Waals surface area (Å²) in [6.07, 6.45) is 0. The number of aliphatic imine (C=N–C) groups is 2. The van der Waals surface area contributed by atoms with Crippen molar-refractivity contribution in [3.63, 3.8) is 0 Å². The SMILES string of the molecule is O=[N+]([O-])c1ccc2c(c1)=NC(=Nc1ccc(I)cc1)C(=Nc1ccc(I)cc1)N=2. The Morgan fingerprint density at radius 2 is 1.21 bits per heavy atom. The monoisotopic (exact) mass is 607 g/mol. The van der Waals surface area contributed by atoms with E-state index in [1.54, 1.807) is 6.07 Å². The molecule has 0 spiro atoms. The first-order valence-electron chi connectivity index (χ1n) is 8.39. The van der Waals surface area contributed by atoms with Crippen molar-refractivity contribution < 1.29 is 4.92 Å². The van der Waals surface area contributed by atoms with Crippen molar-refractivity contribution >= 4 is 73.9 Å². The fraction of sp³-hybridized carbons (Fsp3) is 0. The van der Waals surface area contributed by atoms with Gasteiger partial charge in [-0.1, -0.05) is 0 Å². The first kappa shape index (κ1) is 19.8. The summed E-state index contributed by atoms with van der Waals surface area (Å²) in [5.41, 5.74) is 1.37. The maximum absolute atomic E-state index is 11.1. The van der Waals surface area contributed by atoms with Crippen LogP contribution in [0.1, 0.15) is 0 Å². The largest absolute Gasteiger partial charge is 0.271 e. The number of halogens is 2. The van der Waals surface area contributed by atoms with E-state index in [0.717, 1.165) is 12.8 Å². The highest BCUT2D eigenvalue weighted by molar-refractivity contribution is 14.1. The van der Waals surface area contributed by atoms with Crippen LogP contribution in [0.2, 0.25) is 0 Å². The first-order valence-corrected chi connectivity index (χ1v) is 10.5. The number of rotatable bonds is 3. The molecule has 3 aromatic rings. The molecule has 0 saturated heterocycles. The summed E-state index contributed by atoms with van der Waals surface area (Å²) in [6.45, 7) is 0. The molecule has 1 aliphatic heterocycles. The van der Waals surface area contributed by atoms with E-state index in [4.69, 9.17) is 0 Å². The molecule has 0 saturated carbocycles. The predicted molar refractivity (Wildman–Crippen MR) is 128 cm³/mol. The van der Waals surface area contributed by atoms with Gasteiger partial charge in [-0.3, -0.25) is 10.1 Å². The maximum Gasteiger partial charge on any atom is 0.271 e. The van der Waals surface area contributed by atoms with E-state index in [1.807, 2.05) is 48.5 Å². The molecule has 1 aliphatic rings. The average Bonchev–Trinajstić information content (AvgIpc) is 2.71. The topological polar surface area (TPSA) is 92.6 Å². The van der Waals surface area contributed by atoms with Gasteiger partial charge in [-0.2, -0.15) is 0 Å². The second-order valence-electron chi connectivity index (χ2n) is 5.98. The third kappa shape index (κ3) is 4.72. The first-order chi connectivity index (χ1) is 14.0. The molecule has 0 bridgehead atoms. The number of amidine groups is 2. The van der Waals surface area contributed by atoms with Crippen molar-refractivity contribution in [1.82, 2.24) is 0 Å². The van der Waals surface area contributed by atoms with E-state index in [1.165, 1.54) is 12.1 Å². The van der Waals surface area contributed by atoms with Crippen LogP contribution in [0, 0.1) is 17.3 Å². The molecule has 9 heteroatoms. The van der Waals surface area contributed by atoms with Gasteiger partial charge in [0, 0.05) is 19.3 Å². The lowest BCUT2D eigenvalue weighted by atomic mass is 10.2. The molecule has 4 rings (SSSR count). The molecular formula is C20H11I2N5O2. The fourth-order valence-corrected chi connectivity index (χ4v) is 3.28.